The fraction of sp³-hybridized carbons (Fsp3) is 0.258. The summed E-state index contributed by atoms with van der Waals surface area (Å²) in [4.78, 5) is 62.9. The lowest BCUT2D eigenvalue weighted by Gasteiger charge is -2.26. The lowest BCUT2D eigenvalue weighted by molar-refractivity contribution is -0.387. The number of carbonyl (C=O) groups excluding carboxylic acids is 1. The van der Waals surface area contributed by atoms with Crippen molar-refractivity contribution in [3.63, 3.8) is 0 Å². The van der Waals surface area contributed by atoms with E-state index in [1.54, 1.807) is 52.0 Å². The molecule has 0 radical (unpaired) electrons. The molecule has 46 heavy (non-hydrogen) atoms. The van der Waals surface area contributed by atoms with Gasteiger partial charge in [0, 0.05) is 23.4 Å². The summed E-state index contributed by atoms with van der Waals surface area (Å²) < 4.78 is 18.3. The number of rotatable bonds is 9. The van der Waals surface area contributed by atoms with E-state index >= 15 is 0 Å². The predicted molar refractivity (Wildman–Crippen MR) is 171 cm³/mol. The van der Waals surface area contributed by atoms with Crippen molar-refractivity contribution in [1.29, 1.82) is 0 Å². The number of benzene rings is 2. The van der Waals surface area contributed by atoms with Crippen molar-refractivity contribution in [2.24, 2.45) is 4.99 Å². The number of aryl methyl sites for hydroxylation is 1. The fourth-order valence-corrected chi connectivity index (χ4v) is 6.89. The van der Waals surface area contributed by atoms with Crippen LogP contribution in [-0.2, 0) is 9.53 Å². The quantitative estimate of drug-likeness (QED) is 0.121. The zero-order valence-corrected chi connectivity index (χ0v) is 27.3. The minimum Gasteiger partial charge on any atom is -0.497 e. The van der Waals surface area contributed by atoms with E-state index in [4.69, 9.17) is 14.2 Å². The molecule has 1 aliphatic heterocycles. The van der Waals surface area contributed by atoms with Gasteiger partial charge in [0.05, 0.1) is 45.9 Å². The molecule has 1 atom stereocenters. The molecule has 1 aliphatic rings. The molecular weight excluding hydrogens is 635 g/mol. The molecule has 15 heteroatoms. The highest BCUT2D eigenvalue weighted by Crippen LogP contribution is 2.38. The van der Waals surface area contributed by atoms with Gasteiger partial charge in [0.25, 0.3) is 16.8 Å². The first-order chi connectivity index (χ1) is 21.9. The van der Waals surface area contributed by atoms with Gasteiger partial charge in [0.15, 0.2) is 9.96 Å². The van der Waals surface area contributed by atoms with Crippen LogP contribution in [-0.4, -0.2) is 45.8 Å². The van der Waals surface area contributed by atoms with Gasteiger partial charge in [0.1, 0.15) is 17.5 Å². The second kappa shape index (κ2) is 13.1. The van der Waals surface area contributed by atoms with Gasteiger partial charge >= 0.3 is 5.97 Å². The van der Waals surface area contributed by atoms with Gasteiger partial charge < -0.3 is 19.2 Å². The molecule has 0 bridgehead atoms. The van der Waals surface area contributed by atoms with Gasteiger partial charge in [-0.1, -0.05) is 17.4 Å². The Morgan fingerprint density at radius 3 is 2.54 bits per heavy atom. The summed E-state index contributed by atoms with van der Waals surface area (Å²) in [6.07, 6.45) is 1.10. The molecule has 13 nitrogen and oxygen atoms in total. The van der Waals surface area contributed by atoms with Gasteiger partial charge in [0.2, 0.25) is 0 Å². The molecule has 4 aromatic rings. The lowest BCUT2D eigenvalue weighted by atomic mass is 9.94. The maximum absolute atomic E-state index is 14.1. The third-order valence-corrected chi connectivity index (χ3v) is 8.78. The van der Waals surface area contributed by atoms with Crippen LogP contribution in [0.1, 0.15) is 43.6 Å². The standard InChI is InChI=1S/C31H29N5O8S2/c1-15(2)44-29(39)26-17(4)33-31-35(27(26)20-14-19(42-5)8-9-22(20)43-6)28(38)24(46-31)13-18-7-10-23(21(12-18)36(40)41)45-30-32-16(3)11-25(37)34-30/h7-15,27H,1-6H3,(H,32,34,37)/b24-13-/t27-/m1/s1. The first-order valence-corrected chi connectivity index (χ1v) is 15.5. The molecule has 3 heterocycles. The largest absolute Gasteiger partial charge is 0.497 e. The van der Waals surface area contributed by atoms with E-state index in [0.717, 1.165) is 23.1 Å². The predicted octanol–water partition coefficient (Wildman–Crippen LogP) is 3.66. The Bertz CT molecular complexity index is 2150. The minimum atomic E-state index is -0.966. The SMILES string of the molecule is COc1ccc(OC)c([C@@H]2C(C(=O)OC(C)C)=C(C)N=c3s/c(=C\c4ccc(Sc5nc(C)cc(=O)[nH]5)c([N+](=O)[O-])c4)c(=O)n32)c1. The summed E-state index contributed by atoms with van der Waals surface area (Å²) >= 11 is 2.03. The van der Waals surface area contributed by atoms with Gasteiger partial charge in [-0.15, -0.1) is 0 Å². The van der Waals surface area contributed by atoms with E-state index in [2.05, 4.69) is 15.0 Å². The number of nitro benzene ring substituents is 1. The summed E-state index contributed by atoms with van der Waals surface area (Å²) in [7, 11) is 2.99. The summed E-state index contributed by atoms with van der Waals surface area (Å²) in [5.41, 5.74) is 0.809. The Hall–Kier alpha value is -5.02. The second-order valence-corrected chi connectivity index (χ2v) is 12.5. The molecule has 5 rings (SSSR count). The van der Waals surface area contributed by atoms with E-state index in [-0.39, 0.29) is 31.4 Å². The minimum absolute atomic E-state index is 0.166. The summed E-state index contributed by atoms with van der Waals surface area (Å²) in [5, 5.41) is 12.3. The summed E-state index contributed by atoms with van der Waals surface area (Å²) in [6.45, 7) is 6.77. The van der Waals surface area contributed by atoms with Crippen molar-refractivity contribution in [2.45, 2.75) is 49.9 Å². The van der Waals surface area contributed by atoms with E-state index in [1.165, 1.54) is 43.1 Å². The molecule has 1 N–H and O–H groups in total. The highest BCUT2D eigenvalue weighted by atomic mass is 32.2. The first kappa shape index (κ1) is 32.4. The molecule has 238 valence electrons. The van der Waals surface area contributed by atoms with Crippen molar-refractivity contribution >= 4 is 40.8 Å². The van der Waals surface area contributed by atoms with Gasteiger partial charge in [-0.25, -0.2) is 14.8 Å². The third-order valence-electron chi connectivity index (χ3n) is 6.85. The number of aromatic amines is 1. The first-order valence-electron chi connectivity index (χ1n) is 13.9. The third kappa shape index (κ3) is 6.50. The number of hydrogen-bond acceptors (Lipinski definition) is 12. The number of allylic oxidation sites excluding steroid dienone is 1. The number of nitro groups is 1. The number of nitrogens with zero attached hydrogens (tertiary/aromatic N) is 4. The van der Waals surface area contributed by atoms with Crippen molar-refractivity contribution in [1.82, 2.24) is 14.5 Å². The number of nitrogens with one attached hydrogen (secondary N) is 1. The van der Waals surface area contributed by atoms with Crippen LogP contribution >= 0.6 is 23.1 Å². The van der Waals surface area contributed by atoms with Gasteiger partial charge in [-0.05, 0) is 75.4 Å². The van der Waals surface area contributed by atoms with Crippen molar-refractivity contribution in [3.05, 3.63) is 111 Å². The van der Waals surface area contributed by atoms with Crippen LogP contribution in [0, 0.1) is 17.0 Å². The Morgan fingerprint density at radius 2 is 1.89 bits per heavy atom. The molecule has 0 amide bonds. The van der Waals surface area contributed by atoms with E-state index in [9.17, 15) is 24.5 Å². The number of H-pyrrole nitrogens is 1. The molecule has 0 saturated carbocycles. The number of hydrogen-bond donors (Lipinski definition) is 1. The number of thiazole rings is 1. The van der Waals surface area contributed by atoms with Crippen LogP contribution in [0.25, 0.3) is 6.08 Å². The molecule has 0 spiro atoms. The van der Waals surface area contributed by atoms with Crippen LogP contribution in [0.4, 0.5) is 5.69 Å². The van der Waals surface area contributed by atoms with Crippen LogP contribution < -0.4 is 29.9 Å². The monoisotopic (exact) mass is 663 g/mol. The molecule has 0 aliphatic carbocycles. The Morgan fingerprint density at radius 1 is 1.13 bits per heavy atom. The normalized spacial score (nSPS) is 14.6. The van der Waals surface area contributed by atoms with Crippen molar-refractivity contribution < 1.29 is 23.9 Å². The molecular formula is C31H29N5O8S2. The Kier molecular flexibility index (Phi) is 9.25. The topological polar surface area (TPSA) is 168 Å². The van der Waals surface area contributed by atoms with Gasteiger partial charge in [-0.3, -0.25) is 24.3 Å². The molecule has 2 aromatic carbocycles. The van der Waals surface area contributed by atoms with E-state index < -0.39 is 28.6 Å². The van der Waals surface area contributed by atoms with Crippen molar-refractivity contribution in [3.8, 4) is 11.5 Å². The average molecular weight is 664 g/mol. The lowest BCUT2D eigenvalue weighted by Crippen LogP contribution is -2.40. The van der Waals surface area contributed by atoms with Crippen LogP contribution in [0.5, 0.6) is 11.5 Å². The zero-order valence-electron chi connectivity index (χ0n) is 25.6. The summed E-state index contributed by atoms with van der Waals surface area (Å²) in [6, 6.07) is 9.94. The fourth-order valence-electron chi connectivity index (χ4n) is 4.92. The average Bonchev–Trinajstić information content (AvgIpc) is 3.29. The van der Waals surface area contributed by atoms with Crippen LogP contribution in [0.15, 0.2) is 78.4 Å². The number of fused-ring (bicyclic) bond motifs is 1. The Labute approximate surface area is 270 Å². The maximum Gasteiger partial charge on any atom is 0.338 e. The molecule has 0 saturated heterocycles. The molecule has 0 fully saturated rings. The molecule has 2 aromatic heterocycles. The highest BCUT2D eigenvalue weighted by molar-refractivity contribution is 7.99. The number of carbonyl (C=O) groups is 1. The number of aromatic nitrogens is 3. The smallest absolute Gasteiger partial charge is 0.338 e. The van der Waals surface area contributed by atoms with Gasteiger partial charge in [-0.2, -0.15) is 0 Å². The Balaban J connectivity index is 1.67. The second-order valence-electron chi connectivity index (χ2n) is 10.4. The molecule has 0 unspecified atom stereocenters. The highest BCUT2D eigenvalue weighted by Gasteiger charge is 2.36. The van der Waals surface area contributed by atoms with E-state index in [1.807, 2.05) is 0 Å². The van der Waals surface area contributed by atoms with E-state index in [0.29, 0.717) is 38.8 Å². The maximum atomic E-state index is 14.1. The van der Waals surface area contributed by atoms with Crippen LogP contribution in [0.2, 0.25) is 0 Å². The van der Waals surface area contributed by atoms with Crippen LogP contribution in [0.3, 0.4) is 0 Å². The number of esters is 1. The number of methoxy groups -OCH3 is 2. The number of ether oxygens (including phenoxy) is 3. The summed E-state index contributed by atoms with van der Waals surface area (Å²) in [5.74, 6) is 0.269. The zero-order chi connectivity index (χ0) is 33.3. The van der Waals surface area contributed by atoms with Crippen molar-refractivity contribution in [2.75, 3.05) is 14.2 Å².